The number of fused-ring (bicyclic) bond motifs is 4. The normalized spacial score (nSPS) is 16.3. The number of non-ortho nitro benzene ring substituents is 1. The van der Waals surface area contributed by atoms with Crippen molar-refractivity contribution in [3.8, 4) is 5.69 Å². The number of hydrogen-bond acceptors (Lipinski definition) is 6. The van der Waals surface area contributed by atoms with Gasteiger partial charge >= 0.3 is 0 Å². The zero-order chi connectivity index (χ0) is 29.0. The monoisotopic (exact) mass is 593 g/mol. The summed E-state index contributed by atoms with van der Waals surface area (Å²) in [5, 5.41) is 21.0. The molecule has 5 aromatic rings. The van der Waals surface area contributed by atoms with Gasteiger partial charge in [0.05, 0.1) is 44.4 Å². The van der Waals surface area contributed by atoms with E-state index in [0.717, 1.165) is 28.3 Å². The molecule has 1 unspecified atom stereocenters. The molecule has 7 rings (SSSR count). The molecule has 0 saturated heterocycles. The van der Waals surface area contributed by atoms with Gasteiger partial charge in [-0.3, -0.25) is 10.1 Å². The Hall–Kier alpha value is -4.99. The van der Waals surface area contributed by atoms with Gasteiger partial charge in [-0.05, 0) is 55.0 Å². The zero-order valence-electron chi connectivity index (χ0n) is 22.1. The van der Waals surface area contributed by atoms with Crippen molar-refractivity contribution in [2.45, 2.75) is 13.0 Å². The second-order valence-corrected chi connectivity index (χ2v) is 10.7. The number of amidine groups is 2. The van der Waals surface area contributed by atoms with Gasteiger partial charge < -0.3 is 10.2 Å². The quantitative estimate of drug-likeness (QED) is 0.167. The van der Waals surface area contributed by atoms with Crippen molar-refractivity contribution in [3.63, 3.8) is 0 Å². The third kappa shape index (κ3) is 4.30. The number of benzene rings is 4. The fourth-order valence-corrected chi connectivity index (χ4v) is 5.85. The zero-order valence-corrected chi connectivity index (χ0v) is 23.6. The van der Waals surface area contributed by atoms with E-state index in [9.17, 15) is 10.1 Å². The average molecular weight is 594 g/mol. The lowest BCUT2D eigenvalue weighted by Gasteiger charge is -2.41. The summed E-state index contributed by atoms with van der Waals surface area (Å²) in [5.74, 6) is 1.58. The highest BCUT2D eigenvalue weighted by atomic mass is 35.5. The molecule has 1 atom stereocenters. The van der Waals surface area contributed by atoms with Crippen molar-refractivity contribution in [1.82, 2.24) is 9.78 Å². The van der Waals surface area contributed by atoms with Gasteiger partial charge in [-0.15, -0.1) is 0 Å². The van der Waals surface area contributed by atoms with Crippen molar-refractivity contribution < 1.29 is 4.92 Å². The molecule has 11 heteroatoms. The Morgan fingerprint density at radius 1 is 0.952 bits per heavy atom. The van der Waals surface area contributed by atoms with Gasteiger partial charge in [0.15, 0.2) is 17.5 Å². The smallest absolute Gasteiger partial charge is 0.269 e. The Balaban J connectivity index is 1.54. The molecule has 0 bridgehead atoms. The Kier molecular flexibility index (Phi) is 6.26. The van der Waals surface area contributed by atoms with E-state index in [2.05, 4.69) is 10.2 Å². The van der Waals surface area contributed by atoms with Crippen molar-refractivity contribution >= 4 is 63.4 Å². The second-order valence-electron chi connectivity index (χ2n) is 9.83. The Labute approximate surface area is 250 Å². The topological polar surface area (TPSA) is 101 Å². The fourth-order valence-electron chi connectivity index (χ4n) is 5.40. The minimum Gasteiger partial charge on any atom is -0.335 e. The largest absolute Gasteiger partial charge is 0.335 e. The van der Waals surface area contributed by atoms with E-state index in [1.165, 1.54) is 6.07 Å². The number of nitro benzene ring substituents is 1. The van der Waals surface area contributed by atoms with Crippen molar-refractivity contribution in [2.75, 3.05) is 10.2 Å². The molecule has 206 valence electrons. The first-order valence-corrected chi connectivity index (χ1v) is 13.8. The predicted octanol–water partition coefficient (Wildman–Crippen LogP) is 8.19. The van der Waals surface area contributed by atoms with Gasteiger partial charge in [0, 0.05) is 22.7 Å². The number of halogens is 2. The predicted molar refractivity (Wildman–Crippen MR) is 166 cm³/mol. The molecule has 9 nitrogen and oxygen atoms in total. The van der Waals surface area contributed by atoms with E-state index in [-0.39, 0.29) is 10.6 Å². The maximum atomic E-state index is 11.8. The molecule has 0 radical (unpaired) electrons. The molecular weight excluding hydrogens is 573 g/mol. The molecule has 0 aliphatic carbocycles. The van der Waals surface area contributed by atoms with Crippen molar-refractivity contribution in [1.29, 1.82) is 0 Å². The lowest BCUT2D eigenvalue weighted by molar-refractivity contribution is -0.384. The lowest BCUT2D eigenvalue weighted by atomic mass is 9.93. The number of hydrogen-bond donors (Lipinski definition) is 1. The van der Waals surface area contributed by atoms with Crippen LogP contribution in [0.15, 0.2) is 107 Å². The molecule has 3 heterocycles. The SMILES string of the molecule is Cc1nn(-c2ccccc2)c2c1C(c1cccc([N+](=O)[O-])c1)N1C(=N2)C(=Nc2ccc(Cl)cc2Cl)Nc2ccccc21. The van der Waals surface area contributed by atoms with E-state index in [0.29, 0.717) is 38.8 Å². The number of nitro groups is 1. The van der Waals surface area contributed by atoms with Gasteiger partial charge in [0.2, 0.25) is 0 Å². The van der Waals surface area contributed by atoms with Crippen molar-refractivity contribution in [3.05, 3.63) is 134 Å². The van der Waals surface area contributed by atoms with Crippen LogP contribution in [0.4, 0.5) is 28.6 Å². The molecule has 1 N–H and O–H groups in total. The van der Waals surface area contributed by atoms with Crippen LogP contribution in [0.2, 0.25) is 10.0 Å². The van der Waals surface area contributed by atoms with E-state index in [1.807, 2.05) is 67.6 Å². The third-order valence-corrected chi connectivity index (χ3v) is 7.76. The first-order valence-electron chi connectivity index (χ1n) is 13.1. The number of para-hydroxylation sites is 3. The summed E-state index contributed by atoms with van der Waals surface area (Å²) in [6, 6.07) is 28.8. The summed E-state index contributed by atoms with van der Waals surface area (Å²) >= 11 is 12.7. The van der Waals surface area contributed by atoms with Gasteiger partial charge in [-0.25, -0.2) is 14.7 Å². The van der Waals surface area contributed by atoms with Crippen LogP contribution in [0, 0.1) is 17.0 Å². The highest BCUT2D eigenvalue weighted by molar-refractivity contribution is 6.52. The fraction of sp³-hybridized carbons (Fsp3) is 0.0645. The summed E-state index contributed by atoms with van der Waals surface area (Å²) in [5.41, 5.74) is 5.29. The number of aliphatic imine (C=N–C) groups is 2. The summed E-state index contributed by atoms with van der Waals surface area (Å²) < 4.78 is 1.80. The molecule has 42 heavy (non-hydrogen) atoms. The Bertz CT molecular complexity index is 1950. The van der Waals surface area contributed by atoms with Crippen LogP contribution in [-0.4, -0.2) is 26.4 Å². The average Bonchev–Trinajstić information content (AvgIpc) is 3.33. The molecule has 0 fully saturated rings. The van der Waals surface area contributed by atoms with E-state index >= 15 is 0 Å². The molecule has 0 saturated carbocycles. The molecule has 2 aliphatic rings. The summed E-state index contributed by atoms with van der Waals surface area (Å²) in [6.07, 6.45) is 0. The third-order valence-electron chi connectivity index (χ3n) is 7.22. The van der Waals surface area contributed by atoms with Crippen LogP contribution in [0.3, 0.4) is 0 Å². The first kappa shape index (κ1) is 25.9. The van der Waals surface area contributed by atoms with Crippen LogP contribution in [0.25, 0.3) is 5.69 Å². The maximum Gasteiger partial charge on any atom is 0.269 e. The summed E-state index contributed by atoms with van der Waals surface area (Å²) in [4.78, 5) is 23.6. The number of aryl methyl sites for hydroxylation is 1. The lowest BCUT2D eigenvalue weighted by Crippen LogP contribution is -2.48. The van der Waals surface area contributed by atoms with E-state index < -0.39 is 6.04 Å². The molecule has 2 aliphatic heterocycles. The highest BCUT2D eigenvalue weighted by Crippen LogP contribution is 2.48. The minimum atomic E-state index is -0.501. The number of nitrogens with zero attached hydrogens (tertiary/aromatic N) is 6. The second kappa shape index (κ2) is 10.1. The number of nitrogens with one attached hydrogen (secondary N) is 1. The maximum absolute atomic E-state index is 11.8. The van der Waals surface area contributed by atoms with Crippen LogP contribution in [-0.2, 0) is 0 Å². The van der Waals surface area contributed by atoms with E-state index in [1.54, 1.807) is 35.0 Å². The van der Waals surface area contributed by atoms with Crippen LogP contribution in [0.1, 0.15) is 22.9 Å². The Morgan fingerprint density at radius 3 is 2.52 bits per heavy atom. The standard InChI is InChI=1S/C31H21Cl2N7O2/c1-18-27-28(19-8-7-11-22(16-19)40(41)42)38-26-13-6-5-12-25(26)35-29(34-24-15-14-20(32)17-23(24)33)31(38)36-30(27)39(37-18)21-9-3-2-4-10-21/h2-17,28H,1H3,(H,34,35). The van der Waals surface area contributed by atoms with Gasteiger partial charge in [0.25, 0.3) is 5.69 Å². The molecular formula is C31H21Cl2N7O2. The van der Waals surface area contributed by atoms with Crippen LogP contribution >= 0.6 is 23.2 Å². The summed E-state index contributed by atoms with van der Waals surface area (Å²) in [7, 11) is 0. The number of rotatable bonds is 4. The van der Waals surface area contributed by atoms with Gasteiger partial charge in [-0.2, -0.15) is 5.10 Å². The van der Waals surface area contributed by atoms with Crippen molar-refractivity contribution in [2.24, 2.45) is 9.98 Å². The number of anilines is 2. The van der Waals surface area contributed by atoms with E-state index in [4.69, 9.17) is 38.3 Å². The molecule has 0 spiro atoms. The van der Waals surface area contributed by atoms with Gasteiger partial charge in [0.1, 0.15) is 0 Å². The van der Waals surface area contributed by atoms with Gasteiger partial charge in [-0.1, -0.05) is 65.7 Å². The number of aromatic nitrogens is 2. The van der Waals surface area contributed by atoms with Crippen LogP contribution < -0.4 is 10.2 Å². The molecule has 1 aromatic heterocycles. The minimum absolute atomic E-state index is 0.00327. The first-order chi connectivity index (χ1) is 20.4. The van der Waals surface area contributed by atoms with Crippen LogP contribution in [0.5, 0.6) is 0 Å². The molecule has 4 aromatic carbocycles. The highest BCUT2D eigenvalue weighted by Gasteiger charge is 2.42. The summed E-state index contributed by atoms with van der Waals surface area (Å²) in [6.45, 7) is 1.93. The Morgan fingerprint density at radius 2 is 1.74 bits per heavy atom. The molecule has 0 amide bonds.